The van der Waals surface area contributed by atoms with Gasteiger partial charge in [-0.2, -0.15) is 0 Å². The summed E-state index contributed by atoms with van der Waals surface area (Å²) < 4.78 is 29.2. The molecule has 16 heteroatoms. The zero-order valence-corrected chi connectivity index (χ0v) is 34.6. The van der Waals surface area contributed by atoms with Crippen molar-refractivity contribution in [2.45, 2.75) is 68.0 Å². The molecule has 2 aromatic carbocycles. The maximum absolute atomic E-state index is 13.8. The summed E-state index contributed by atoms with van der Waals surface area (Å²) in [5, 5.41) is 15.0. The quantitative estimate of drug-likeness (QED) is 0.0890. The molecule has 3 aliphatic heterocycles. The Hall–Kier alpha value is -5.19. The van der Waals surface area contributed by atoms with Crippen LogP contribution in [-0.2, 0) is 4.74 Å². The van der Waals surface area contributed by atoms with Crippen molar-refractivity contribution in [2.75, 3.05) is 52.0 Å². The maximum Gasteiger partial charge on any atom is 0.416 e. The molecule has 2 N–H and O–H groups in total. The number of unbranched alkanes of at least 4 members (excludes halogenated alkanes) is 2. The highest BCUT2D eigenvalue weighted by atomic mass is 33.1. The number of anilines is 1. The molecule has 3 aromatic rings. The highest BCUT2D eigenvalue weighted by Crippen LogP contribution is 2.40. The summed E-state index contributed by atoms with van der Waals surface area (Å²) >= 11 is 0. The topological polar surface area (TPSA) is 161 Å². The van der Waals surface area contributed by atoms with Crippen LogP contribution in [0.15, 0.2) is 83.0 Å². The number of benzene rings is 2. The number of amides is 3. The lowest BCUT2D eigenvalue weighted by molar-refractivity contribution is 0.0777. The minimum Gasteiger partial charge on any atom is -0.493 e. The average molecular weight is 832 g/mol. The molecule has 0 radical (unpaired) electrons. The number of aliphatic imine (C=N–C) groups is 1. The molecule has 308 valence electrons. The van der Waals surface area contributed by atoms with Crippen LogP contribution in [0, 0.1) is 0 Å². The van der Waals surface area contributed by atoms with E-state index in [1.165, 1.54) is 47.9 Å². The molecular weight excluding hydrogens is 783 g/mol. The zero-order chi connectivity index (χ0) is 41.2. The lowest BCUT2D eigenvalue weighted by Crippen LogP contribution is -2.43. The molecule has 1 fully saturated rings. The van der Waals surface area contributed by atoms with E-state index in [0.717, 1.165) is 21.9 Å². The second-order valence-corrected chi connectivity index (χ2v) is 16.7. The molecule has 0 bridgehead atoms. The minimum absolute atomic E-state index is 0.0484. The number of aliphatic hydroxyl groups is 1. The SMILES string of the molecule is C=C1CCC(O)N(C(=O)OCC(C)SSc2ccccn2)c2cc(OCCCCCOc3cc4c(cc3OC)C(=O)N3CC(=C)CC3C=N4)c(OC)cc2C(=O)NC1. The van der Waals surface area contributed by atoms with Crippen molar-refractivity contribution in [1.82, 2.24) is 15.2 Å². The Labute approximate surface area is 346 Å². The van der Waals surface area contributed by atoms with Crippen LogP contribution < -0.4 is 29.2 Å². The van der Waals surface area contributed by atoms with Gasteiger partial charge < -0.3 is 39.0 Å². The van der Waals surface area contributed by atoms with Gasteiger partial charge in [-0.05, 0) is 80.5 Å². The first-order valence-corrected chi connectivity index (χ1v) is 21.3. The van der Waals surface area contributed by atoms with E-state index in [2.05, 4.69) is 28.5 Å². The molecule has 0 saturated carbocycles. The number of rotatable bonds is 15. The van der Waals surface area contributed by atoms with Crippen molar-refractivity contribution >= 4 is 57.1 Å². The zero-order valence-electron chi connectivity index (χ0n) is 32.9. The molecule has 1 aromatic heterocycles. The molecule has 1 saturated heterocycles. The third-order valence-corrected chi connectivity index (χ3v) is 12.4. The van der Waals surface area contributed by atoms with Crippen LogP contribution in [0.4, 0.5) is 16.2 Å². The molecule has 3 amide bonds. The van der Waals surface area contributed by atoms with Gasteiger partial charge in [0.25, 0.3) is 11.8 Å². The molecule has 4 heterocycles. The highest BCUT2D eigenvalue weighted by molar-refractivity contribution is 8.76. The molecular formula is C42H49N5O9S2. The summed E-state index contributed by atoms with van der Waals surface area (Å²) in [6, 6.07) is 12.0. The fourth-order valence-corrected chi connectivity index (χ4v) is 8.47. The molecule has 3 unspecified atom stereocenters. The van der Waals surface area contributed by atoms with Gasteiger partial charge in [0, 0.05) is 42.9 Å². The van der Waals surface area contributed by atoms with Gasteiger partial charge in [0.15, 0.2) is 23.0 Å². The molecule has 0 aliphatic carbocycles. The van der Waals surface area contributed by atoms with Gasteiger partial charge >= 0.3 is 6.09 Å². The van der Waals surface area contributed by atoms with Crippen LogP contribution in [0.25, 0.3) is 0 Å². The Morgan fingerprint density at radius 2 is 1.71 bits per heavy atom. The van der Waals surface area contributed by atoms with E-state index in [1.54, 1.807) is 29.4 Å². The van der Waals surface area contributed by atoms with E-state index in [4.69, 9.17) is 23.7 Å². The Balaban J connectivity index is 1.08. The van der Waals surface area contributed by atoms with E-state index in [1.807, 2.05) is 25.1 Å². The van der Waals surface area contributed by atoms with Crippen molar-refractivity contribution in [3.05, 3.63) is 84.1 Å². The van der Waals surface area contributed by atoms with Crippen molar-refractivity contribution in [3.63, 3.8) is 0 Å². The normalized spacial score (nSPS) is 18.3. The van der Waals surface area contributed by atoms with Crippen molar-refractivity contribution < 1.29 is 43.2 Å². The summed E-state index contributed by atoms with van der Waals surface area (Å²) in [5.74, 6) is 0.953. The third-order valence-electron chi connectivity index (χ3n) is 9.67. The number of hydrogen-bond donors (Lipinski definition) is 2. The summed E-state index contributed by atoms with van der Waals surface area (Å²) in [6.07, 6.45) is 4.72. The smallest absolute Gasteiger partial charge is 0.416 e. The van der Waals surface area contributed by atoms with Gasteiger partial charge in [0.2, 0.25) is 0 Å². The van der Waals surface area contributed by atoms with Crippen LogP contribution in [0.1, 0.15) is 66.2 Å². The number of fused-ring (bicyclic) bond motifs is 3. The monoisotopic (exact) mass is 831 g/mol. The molecule has 14 nitrogen and oxygen atoms in total. The summed E-state index contributed by atoms with van der Waals surface area (Å²) in [5.41, 5.74) is 2.94. The van der Waals surface area contributed by atoms with Crippen LogP contribution in [0.3, 0.4) is 0 Å². The van der Waals surface area contributed by atoms with E-state index in [9.17, 15) is 19.5 Å². The number of methoxy groups -OCH3 is 2. The van der Waals surface area contributed by atoms with Gasteiger partial charge in [-0.25, -0.2) is 9.78 Å². The fraction of sp³-hybridized carbons (Fsp3) is 0.405. The van der Waals surface area contributed by atoms with Crippen molar-refractivity contribution in [2.24, 2.45) is 4.99 Å². The Kier molecular flexibility index (Phi) is 14.6. The third kappa shape index (κ3) is 10.5. The van der Waals surface area contributed by atoms with Crippen LogP contribution in [0.2, 0.25) is 0 Å². The van der Waals surface area contributed by atoms with Gasteiger partial charge in [0.1, 0.15) is 17.9 Å². The summed E-state index contributed by atoms with van der Waals surface area (Å²) in [4.78, 5) is 52.3. The molecule has 3 atom stereocenters. The van der Waals surface area contributed by atoms with Gasteiger partial charge in [0.05, 0.1) is 56.0 Å². The standard InChI is InChI=1S/C42H49N5O9S2/c1-26-12-13-39(48)47(42(51)56-25-28(3)57-58-38-11-7-8-14-43-38)33-21-37(35(53-5)19-31(33)40(49)45-22-26)55-16-10-6-9-15-54-36-20-32-30(18-34(36)52-4)41(50)46-24-27(2)17-29(46)23-44-32/h7-8,11,14,18-21,23,28-29,39,48H,1-2,6,9-10,12-13,15-17,22,24-25H2,3-5H3,(H,45,49). The molecule has 3 aliphatic rings. The first kappa shape index (κ1) is 42.4. The lowest BCUT2D eigenvalue weighted by atomic mass is 10.1. The van der Waals surface area contributed by atoms with Crippen molar-refractivity contribution in [3.8, 4) is 23.0 Å². The number of carbonyl (C=O) groups excluding carboxylic acids is 3. The average Bonchev–Trinajstić information content (AvgIpc) is 3.56. The molecule has 0 spiro atoms. The fourth-order valence-electron chi connectivity index (χ4n) is 6.60. The van der Waals surface area contributed by atoms with E-state index < -0.39 is 18.2 Å². The highest BCUT2D eigenvalue weighted by Gasteiger charge is 2.35. The maximum atomic E-state index is 13.8. The Bertz CT molecular complexity index is 2030. The molecule has 58 heavy (non-hydrogen) atoms. The first-order chi connectivity index (χ1) is 28.1. The van der Waals surface area contributed by atoms with Crippen LogP contribution in [-0.4, -0.2) is 104 Å². The second kappa shape index (κ2) is 20.0. The van der Waals surface area contributed by atoms with Crippen molar-refractivity contribution in [1.29, 1.82) is 0 Å². The van der Waals surface area contributed by atoms with E-state index in [0.29, 0.717) is 79.5 Å². The lowest BCUT2D eigenvalue weighted by Gasteiger charge is -2.31. The predicted molar refractivity (Wildman–Crippen MR) is 225 cm³/mol. The number of hydrogen-bond acceptors (Lipinski definition) is 13. The van der Waals surface area contributed by atoms with Gasteiger partial charge in [-0.15, -0.1) is 0 Å². The second-order valence-electron chi connectivity index (χ2n) is 14.1. The number of nitrogens with zero attached hydrogens (tertiary/aromatic N) is 4. The molecule has 6 rings (SSSR count). The van der Waals surface area contributed by atoms with E-state index >= 15 is 0 Å². The van der Waals surface area contributed by atoms with E-state index in [-0.39, 0.29) is 53.8 Å². The number of nitrogens with one attached hydrogen (secondary N) is 1. The Morgan fingerprint density at radius 3 is 2.41 bits per heavy atom. The number of carbonyl (C=O) groups is 3. The van der Waals surface area contributed by atoms with Crippen LogP contribution in [0.5, 0.6) is 23.0 Å². The predicted octanol–water partition coefficient (Wildman–Crippen LogP) is 7.38. The number of pyridine rings is 1. The van der Waals surface area contributed by atoms with Gasteiger partial charge in [-0.1, -0.05) is 41.2 Å². The first-order valence-electron chi connectivity index (χ1n) is 19.1. The number of aliphatic hydroxyl groups excluding tert-OH is 1. The number of aromatic nitrogens is 1. The summed E-state index contributed by atoms with van der Waals surface area (Å²) in [7, 11) is 5.98. The summed E-state index contributed by atoms with van der Waals surface area (Å²) in [6.45, 7) is 11.4. The Morgan fingerprint density at radius 1 is 0.983 bits per heavy atom. The largest absolute Gasteiger partial charge is 0.493 e. The van der Waals surface area contributed by atoms with Gasteiger partial charge in [-0.3, -0.25) is 19.5 Å². The van der Waals surface area contributed by atoms with Crippen LogP contribution >= 0.6 is 21.6 Å². The minimum atomic E-state index is -1.32. The number of ether oxygens (including phenoxy) is 5.